The van der Waals surface area contributed by atoms with Gasteiger partial charge in [0, 0.05) is 29.0 Å². The highest BCUT2D eigenvalue weighted by atomic mass is 32.1. The number of nitrogens with zero attached hydrogens (tertiary/aromatic N) is 1. The van der Waals surface area contributed by atoms with E-state index in [0.717, 1.165) is 29.8 Å². The first-order valence-corrected chi connectivity index (χ1v) is 8.00. The van der Waals surface area contributed by atoms with E-state index in [9.17, 15) is 4.79 Å². The van der Waals surface area contributed by atoms with Gasteiger partial charge < -0.3 is 4.57 Å². The molecule has 0 saturated carbocycles. The van der Waals surface area contributed by atoms with Gasteiger partial charge in [-0.15, -0.1) is 11.3 Å². The molecule has 2 nitrogen and oxygen atoms in total. The topological polar surface area (TPSA) is 22.0 Å². The fraction of sp³-hybridized carbons (Fsp3) is 0.167. The monoisotopic (exact) mass is 293 g/mol. The number of aryl methyl sites for hydroxylation is 2. The zero-order chi connectivity index (χ0) is 14.4. The molecule has 4 rings (SSSR count). The van der Waals surface area contributed by atoms with Crippen LogP contribution in [0, 0.1) is 6.92 Å². The van der Waals surface area contributed by atoms with E-state index in [2.05, 4.69) is 18.4 Å². The van der Waals surface area contributed by atoms with Crippen LogP contribution in [0.25, 0.3) is 22.4 Å². The molecule has 3 heteroatoms. The lowest BCUT2D eigenvalue weighted by Crippen LogP contribution is -2.27. The van der Waals surface area contributed by atoms with Crippen LogP contribution in [-0.4, -0.2) is 4.57 Å². The molecule has 0 N–H and O–H groups in total. The molecule has 0 radical (unpaired) electrons. The van der Waals surface area contributed by atoms with Crippen molar-refractivity contribution in [2.75, 3.05) is 0 Å². The molecule has 0 fully saturated rings. The molecule has 1 aliphatic rings. The van der Waals surface area contributed by atoms with Crippen molar-refractivity contribution in [3.8, 4) is 22.4 Å². The molecule has 0 atom stereocenters. The highest BCUT2D eigenvalue weighted by Gasteiger charge is 2.21. The number of rotatable bonds is 1. The van der Waals surface area contributed by atoms with Gasteiger partial charge in [-0.3, -0.25) is 4.79 Å². The average Bonchev–Trinajstić information content (AvgIpc) is 2.99. The summed E-state index contributed by atoms with van der Waals surface area (Å²) in [5, 5.41) is 2.12. The number of aromatic nitrogens is 1. The maximum absolute atomic E-state index is 12.9. The van der Waals surface area contributed by atoms with Crippen molar-refractivity contribution in [2.24, 2.45) is 0 Å². The SMILES string of the molecule is Cc1cc(-c2ccccc2)c(=O)n2c1-c1ccsc1CC2. The van der Waals surface area contributed by atoms with Gasteiger partial charge in [-0.05, 0) is 35.6 Å². The van der Waals surface area contributed by atoms with Crippen molar-refractivity contribution in [1.29, 1.82) is 0 Å². The summed E-state index contributed by atoms with van der Waals surface area (Å²) in [5.74, 6) is 0. The van der Waals surface area contributed by atoms with Crippen LogP contribution in [0.4, 0.5) is 0 Å². The average molecular weight is 293 g/mol. The largest absolute Gasteiger partial charge is 0.307 e. The van der Waals surface area contributed by atoms with Gasteiger partial charge in [0.1, 0.15) is 0 Å². The van der Waals surface area contributed by atoms with Gasteiger partial charge in [-0.2, -0.15) is 0 Å². The number of thiophene rings is 1. The molecule has 0 bridgehead atoms. The fourth-order valence-corrected chi connectivity index (χ4v) is 4.03. The zero-order valence-electron chi connectivity index (χ0n) is 11.8. The van der Waals surface area contributed by atoms with Crippen molar-refractivity contribution in [3.05, 3.63) is 68.6 Å². The van der Waals surface area contributed by atoms with Gasteiger partial charge >= 0.3 is 0 Å². The fourth-order valence-electron chi connectivity index (χ4n) is 3.16. The number of benzene rings is 1. The standard InChI is InChI=1S/C18H15NOS/c1-12-11-15(13-5-3-2-4-6-13)18(20)19-9-7-16-14(17(12)19)8-10-21-16/h2-6,8,10-11H,7,9H2,1H3. The summed E-state index contributed by atoms with van der Waals surface area (Å²) in [6.07, 6.45) is 0.956. The molecule has 1 aromatic carbocycles. The van der Waals surface area contributed by atoms with E-state index in [1.165, 1.54) is 16.0 Å². The quantitative estimate of drug-likeness (QED) is 0.662. The van der Waals surface area contributed by atoms with E-state index < -0.39 is 0 Å². The first kappa shape index (κ1) is 12.6. The molecule has 0 amide bonds. The minimum atomic E-state index is 0.124. The number of hydrogen-bond donors (Lipinski definition) is 0. The van der Waals surface area contributed by atoms with Crippen molar-refractivity contribution in [3.63, 3.8) is 0 Å². The Bertz CT molecular complexity index is 874. The molecule has 1 aliphatic heterocycles. The molecule has 104 valence electrons. The Kier molecular flexibility index (Phi) is 2.82. The summed E-state index contributed by atoms with van der Waals surface area (Å²) in [5.41, 5.74) is 5.43. The Morgan fingerprint density at radius 2 is 1.90 bits per heavy atom. The lowest BCUT2D eigenvalue weighted by atomic mass is 9.98. The van der Waals surface area contributed by atoms with E-state index in [0.29, 0.717) is 0 Å². The van der Waals surface area contributed by atoms with Crippen LogP contribution < -0.4 is 5.56 Å². The second-order valence-electron chi connectivity index (χ2n) is 5.42. The molecule has 0 unspecified atom stereocenters. The van der Waals surface area contributed by atoms with Crippen LogP contribution in [0.1, 0.15) is 10.4 Å². The van der Waals surface area contributed by atoms with Crippen LogP contribution in [0.5, 0.6) is 0 Å². The Labute approximate surface area is 127 Å². The summed E-state index contributed by atoms with van der Waals surface area (Å²) in [7, 11) is 0. The molecule has 0 saturated heterocycles. The first-order valence-electron chi connectivity index (χ1n) is 7.12. The van der Waals surface area contributed by atoms with Crippen LogP contribution in [-0.2, 0) is 13.0 Å². The summed E-state index contributed by atoms with van der Waals surface area (Å²) in [4.78, 5) is 14.3. The third kappa shape index (κ3) is 1.88. The third-order valence-corrected chi connectivity index (χ3v) is 5.11. The highest BCUT2D eigenvalue weighted by Crippen LogP contribution is 2.35. The van der Waals surface area contributed by atoms with Gasteiger partial charge in [0.05, 0.1) is 5.69 Å². The minimum Gasteiger partial charge on any atom is -0.307 e. The second-order valence-corrected chi connectivity index (χ2v) is 6.42. The maximum Gasteiger partial charge on any atom is 0.258 e. The first-order chi connectivity index (χ1) is 10.3. The van der Waals surface area contributed by atoms with Gasteiger partial charge in [0.25, 0.3) is 5.56 Å². The predicted octanol–water partition coefficient (Wildman–Crippen LogP) is 4.11. The van der Waals surface area contributed by atoms with E-state index in [1.807, 2.05) is 41.0 Å². The summed E-state index contributed by atoms with van der Waals surface area (Å²) < 4.78 is 1.95. The number of hydrogen-bond acceptors (Lipinski definition) is 2. The zero-order valence-corrected chi connectivity index (χ0v) is 12.6. The van der Waals surface area contributed by atoms with Gasteiger partial charge in [-0.1, -0.05) is 30.3 Å². The van der Waals surface area contributed by atoms with Crippen molar-refractivity contribution >= 4 is 11.3 Å². The van der Waals surface area contributed by atoms with E-state index in [1.54, 1.807) is 11.3 Å². The lowest BCUT2D eigenvalue weighted by Gasteiger charge is -2.22. The Morgan fingerprint density at radius 3 is 2.71 bits per heavy atom. The molecule has 3 aromatic rings. The smallest absolute Gasteiger partial charge is 0.258 e. The Morgan fingerprint density at radius 1 is 1.10 bits per heavy atom. The van der Waals surface area contributed by atoms with Gasteiger partial charge in [-0.25, -0.2) is 0 Å². The third-order valence-electron chi connectivity index (χ3n) is 4.13. The van der Waals surface area contributed by atoms with Crippen molar-refractivity contribution in [2.45, 2.75) is 19.9 Å². The van der Waals surface area contributed by atoms with Crippen molar-refractivity contribution in [1.82, 2.24) is 4.57 Å². The molecular weight excluding hydrogens is 278 g/mol. The Hall–Kier alpha value is -2.13. The number of pyridine rings is 1. The molecule has 2 aromatic heterocycles. The highest BCUT2D eigenvalue weighted by molar-refractivity contribution is 7.10. The van der Waals surface area contributed by atoms with E-state index in [4.69, 9.17) is 0 Å². The van der Waals surface area contributed by atoms with E-state index >= 15 is 0 Å². The van der Waals surface area contributed by atoms with Crippen LogP contribution in [0.15, 0.2) is 52.6 Å². The molecule has 3 heterocycles. The van der Waals surface area contributed by atoms with Crippen LogP contribution >= 0.6 is 11.3 Å². The van der Waals surface area contributed by atoms with E-state index in [-0.39, 0.29) is 5.56 Å². The maximum atomic E-state index is 12.9. The number of fused-ring (bicyclic) bond motifs is 3. The minimum absolute atomic E-state index is 0.124. The summed E-state index contributed by atoms with van der Waals surface area (Å²) in [6.45, 7) is 2.88. The molecule has 0 aliphatic carbocycles. The van der Waals surface area contributed by atoms with Crippen LogP contribution in [0.3, 0.4) is 0 Å². The normalized spacial score (nSPS) is 12.8. The lowest BCUT2D eigenvalue weighted by molar-refractivity contribution is 0.664. The summed E-state index contributed by atoms with van der Waals surface area (Å²) >= 11 is 1.79. The molecule has 21 heavy (non-hydrogen) atoms. The summed E-state index contributed by atoms with van der Waals surface area (Å²) in [6, 6.07) is 14.1. The molecule has 0 spiro atoms. The molecular formula is C18H15NOS. The van der Waals surface area contributed by atoms with Gasteiger partial charge in [0.15, 0.2) is 0 Å². The Balaban J connectivity index is 2.01. The van der Waals surface area contributed by atoms with Crippen LogP contribution in [0.2, 0.25) is 0 Å². The van der Waals surface area contributed by atoms with Crippen molar-refractivity contribution < 1.29 is 0 Å². The van der Waals surface area contributed by atoms with Gasteiger partial charge in [0.2, 0.25) is 0 Å². The second kappa shape index (κ2) is 4.71. The predicted molar refractivity (Wildman–Crippen MR) is 87.9 cm³/mol.